The lowest BCUT2D eigenvalue weighted by molar-refractivity contribution is -0.142. The standard InChI is InChI=1S/C11H21N3O2/c1-7(2)13-8-5-6-14(9(8)15)11(3,4)10(12)16/h7-8,13H,5-6H2,1-4H3,(H2,12,16). The maximum atomic E-state index is 12.0. The second-order valence-corrected chi connectivity index (χ2v) is 5.08. The van der Waals surface area contributed by atoms with Gasteiger partial charge < -0.3 is 16.0 Å². The molecule has 1 rings (SSSR count). The number of likely N-dealkylation sites (tertiary alicyclic amines) is 1. The lowest BCUT2D eigenvalue weighted by Gasteiger charge is -2.32. The number of carbonyl (C=O) groups is 2. The zero-order chi connectivity index (χ0) is 12.5. The average Bonchev–Trinajstić information content (AvgIpc) is 2.47. The van der Waals surface area contributed by atoms with E-state index in [1.165, 1.54) is 0 Å². The SMILES string of the molecule is CC(C)NC1CCN(C(C)(C)C(N)=O)C1=O. The minimum absolute atomic E-state index is 0.0301. The summed E-state index contributed by atoms with van der Waals surface area (Å²) in [5.41, 5.74) is 4.41. The molecule has 0 saturated carbocycles. The first-order valence-electron chi connectivity index (χ1n) is 5.64. The number of primary amides is 1. The Balaban J connectivity index is 2.74. The first kappa shape index (κ1) is 13.0. The maximum Gasteiger partial charge on any atom is 0.242 e. The highest BCUT2D eigenvalue weighted by Crippen LogP contribution is 2.22. The molecule has 1 atom stereocenters. The third-order valence-electron chi connectivity index (χ3n) is 3.02. The van der Waals surface area contributed by atoms with Crippen molar-refractivity contribution in [1.29, 1.82) is 0 Å². The summed E-state index contributed by atoms with van der Waals surface area (Å²) in [6, 6.07) is 0.0733. The van der Waals surface area contributed by atoms with Crippen LogP contribution in [0.15, 0.2) is 0 Å². The molecule has 1 saturated heterocycles. The monoisotopic (exact) mass is 227 g/mol. The molecule has 0 aromatic carbocycles. The van der Waals surface area contributed by atoms with E-state index < -0.39 is 11.4 Å². The Kier molecular flexibility index (Phi) is 3.57. The predicted octanol–water partition coefficient (Wildman–Crippen LogP) is -0.151. The van der Waals surface area contributed by atoms with Crippen LogP contribution in [0.4, 0.5) is 0 Å². The zero-order valence-corrected chi connectivity index (χ0v) is 10.4. The van der Waals surface area contributed by atoms with Crippen molar-refractivity contribution in [2.75, 3.05) is 6.54 Å². The molecule has 1 aliphatic rings. The third-order valence-corrected chi connectivity index (χ3v) is 3.02. The van der Waals surface area contributed by atoms with Gasteiger partial charge in [-0.15, -0.1) is 0 Å². The number of carbonyl (C=O) groups excluding carboxylic acids is 2. The number of nitrogens with two attached hydrogens (primary N) is 1. The lowest BCUT2D eigenvalue weighted by Crippen LogP contribution is -2.55. The second-order valence-electron chi connectivity index (χ2n) is 5.08. The van der Waals surface area contributed by atoms with Crippen LogP contribution in [0, 0.1) is 0 Å². The largest absolute Gasteiger partial charge is 0.368 e. The molecule has 1 aliphatic heterocycles. The number of amides is 2. The summed E-state index contributed by atoms with van der Waals surface area (Å²) >= 11 is 0. The number of rotatable bonds is 4. The van der Waals surface area contributed by atoms with Gasteiger partial charge in [-0.1, -0.05) is 13.8 Å². The summed E-state index contributed by atoms with van der Waals surface area (Å²) in [4.78, 5) is 24.9. The van der Waals surface area contributed by atoms with Crippen molar-refractivity contribution in [1.82, 2.24) is 10.2 Å². The minimum atomic E-state index is -0.898. The van der Waals surface area contributed by atoms with Crippen LogP contribution >= 0.6 is 0 Å². The van der Waals surface area contributed by atoms with E-state index in [0.29, 0.717) is 6.54 Å². The lowest BCUT2D eigenvalue weighted by atomic mass is 10.0. The van der Waals surface area contributed by atoms with Gasteiger partial charge in [0.15, 0.2) is 0 Å². The average molecular weight is 227 g/mol. The number of nitrogens with zero attached hydrogens (tertiary/aromatic N) is 1. The predicted molar refractivity (Wildman–Crippen MR) is 61.7 cm³/mol. The topological polar surface area (TPSA) is 75.4 Å². The maximum absolute atomic E-state index is 12.0. The minimum Gasteiger partial charge on any atom is -0.368 e. The molecule has 16 heavy (non-hydrogen) atoms. The van der Waals surface area contributed by atoms with Crippen LogP contribution in [0.5, 0.6) is 0 Å². The quantitative estimate of drug-likeness (QED) is 0.701. The molecule has 92 valence electrons. The Morgan fingerprint density at radius 3 is 2.56 bits per heavy atom. The molecule has 1 unspecified atom stereocenters. The Labute approximate surface area is 96.4 Å². The molecule has 2 amide bonds. The van der Waals surface area contributed by atoms with E-state index >= 15 is 0 Å². The normalized spacial score (nSPS) is 21.9. The molecular weight excluding hydrogens is 206 g/mol. The Bertz CT molecular complexity index is 300. The van der Waals surface area contributed by atoms with Crippen LogP contribution in [-0.2, 0) is 9.59 Å². The molecule has 0 aromatic rings. The summed E-state index contributed by atoms with van der Waals surface area (Å²) in [6.07, 6.45) is 0.730. The van der Waals surface area contributed by atoms with Crippen LogP contribution in [0.2, 0.25) is 0 Å². The summed E-state index contributed by atoms with van der Waals surface area (Å²) in [5.74, 6) is -0.497. The van der Waals surface area contributed by atoms with E-state index in [9.17, 15) is 9.59 Å². The Hall–Kier alpha value is -1.10. The van der Waals surface area contributed by atoms with Crippen molar-refractivity contribution in [3.05, 3.63) is 0 Å². The number of hydrogen-bond acceptors (Lipinski definition) is 3. The summed E-state index contributed by atoms with van der Waals surface area (Å²) in [5, 5.41) is 3.19. The van der Waals surface area contributed by atoms with E-state index in [-0.39, 0.29) is 18.0 Å². The molecular formula is C11H21N3O2. The van der Waals surface area contributed by atoms with Crippen LogP contribution in [-0.4, -0.2) is 40.9 Å². The van der Waals surface area contributed by atoms with Crippen LogP contribution in [0.1, 0.15) is 34.1 Å². The van der Waals surface area contributed by atoms with Crippen molar-refractivity contribution < 1.29 is 9.59 Å². The van der Waals surface area contributed by atoms with E-state index in [0.717, 1.165) is 6.42 Å². The van der Waals surface area contributed by atoms with Crippen molar-refractivity contribution in [3.8, 4) is 0 Å². The van der Waals surface area contributed by atoms with Crippen molar-refractivity contribution in [3.63, 3.8) is 0 Å². The van der Waals surface area contributed by atoms with E-state index in [2.05, 4.69) is 5.32 Å². The van der Waals surface area contributed by atoms with Crippen molar-refractivity contribution >= 4 is 11.8 Å². The second kappa shape index (κ2) is 4.41. The fraction of sp³-hybridized carbons (Fsp3) is 0.818. The van der Waals surface area contributed by atoms with E-state index in [1.807, 2.05) is 13.8 Å². The van der Waals surface area contributed by atoms with Gasteiger partial charge >= 0.3 is 0 Å². The van der Waals surface area contributed by atoms with Gasteiger partial charge in [-0.3, -0.25) is 9.59 Å². The molecule has 0 aromatic heterocycles. The highest BCUT2D eigenvalue weighted by atomic mass is 16.2. The van der Waals surface area contributed by atoms with Gasteiger partial charge in [-0.25, -0.2) is 0 Å². The van der Waals surface area contributed by atoms with Crippen molar-refractivity contribution in [2.45, 2.75) is 51.7 Å². The zero-order valence-electron chi connectivity index (χ0n) is 10.4. The van der Waals surface area contributed by atoms with Gasteiger partial charge in [-0.05, 0) is 20.3 Å². The van der Waals surface area contributed by atoms with Gasteiger partial charge in [-0.2, -0.15) is 0 Å². The molecule has 1 heterocycles. The number of nitrogens with one attached hydrogen (secondary N) is 1. The van der Waals surface area contributed by atoms with Crippen molar-refractivity contribution in [2.24, 2.45) is 5.73 Å². The smallest absolute Gasteiger partial charge is 0.242 e. The van der Waals surface area contributed by atoms with Gasteiger partial charge in [0.2, 0.25) is 11.8 Å². The van der Waals surface area contributed by atoms with E-state index in [4.69, 9.17) is 5.73 Å². The molecule has 5 nitrogen and oxygen atoms in total. The van der Waals surface area contributed by atoms with Crippen LogP contribution < -0.4 is 11.1 Å². The third kappa shape index (κ3) is 2.35. The summed E-state index contributed by atoms with van der Waals surface area (Å²) < 4.78 is 0. The Morgan fingerprint density at radius 1 is 1.56 bits per heavy atom. The van der Waals surface area contributed by atoms with Gasteiger partial charge in [0.1, 0.15) is 5.54 Å². The van der Waals surface area contributed by atoms with Gasteiger partial charge in [0, 0.05) is 12.6 Å². The first-order chi connectivity index (χ1) is 7.26. The first-order valence-corrected chi connectivity index (χ1v) is 5.64. The van der Waals surface area contributed by atoms with Gasteiger partial charge in [0.05, 0.1) is 6.04 Å². The van der Waals surface area contributed by atoms with Gasteiger partial charge in [0.25, 0.3) is 0 Å². The summed E-state index contributed by atoms with van der Waals surface area (Å²) in [7, 11) is 0. The molecule has 1 fully saturated rings. The molecule has 0 aliphatic carbocycles. The fourth-order valence-corrected chi connectivity index (χ4v) is 1.92. The highest BCUT2D eigenvalue weighted by Gasteiger charge is 2.43. The number of hydrogen-bond donors (Lipinski definition) is 2. The highest BCUT2D eigenvalue weighted by molar-refractivity contribution is 5.92. The summed E-state index contributed by atoms with van der Waals surface area (Å²) in [6.45, 7) is 7.94. The molecule has 0 bridgehead atoms. The van der Waals surface area contributed by atoms with Crippen LogP contribution in [0.25, 0.3) is 0 Å². The van der Waals surface area contributed by atoms with Crippen LogP contribution in [0.3, 0.4) is 0 Å². The Morgan fingerprint density at radius 2 is 2.12 bits per heavy atom. The molecule has 5 heteroatoms. The molecule has 0 radical (unpaired) electrons. The molecule has 0 spiro atoms. The van der Waals surface area contributed by atoms with E-state index in [1.54, 1.807) is 18.7 Å². The molecule has 3 N–H and O–H groups in total. The fourth-order valence-electron chi connectivity index (χ4n) is 1.92.